The van der Waals surface area contributed by atoms with Gasteiger partial charge in [0, 0.05) is 24.6 Å². The minimum absolute atomic E-state index is 0.00430. The number of rotatable bonds is 2. The first-order valence-corrected chi connectivity index (χ1v) is 9.41. The minimum Gasteiger partial charge on any atom is -0.323 e. The number of nitrogens with one attached hydrogen (secondary N) is 1. The van der Waals surface area contributed by atoms with Crippen LogP contribution in [0.2, 0.25) is 0 Å². The summed E-state index contributed by atoms with van der Waals surface area (Å²) in [6.45, 7) is 8.95. The Morgan fingerprint density at radius 3 is 2.55 bits per heavy atom. The second kappa shape index (κ2) is 5.71. The van der Waals surface area contributed by atoms with Gasteiger partial charge in [0.2, 0.25) is 0 Å². The Morgan fingerprint density at radius 2 is 1.91 bits per heavy atom. The average molecular weight is 325 g/mol. The number of hydrogen-bond acceptors (Lipinski definition) is 4. The molecule has 0 aromatic carbocycles. The highest BCUT2D eigenvalue weighted by Gasteiger charge is 2.56. The molecule has 3 rings (SSSR count). The quantitative estimate of drug-likeness (QED) is 0.790. The first-order chi connectivity index (χ1) is 10.3. The fourth-order valence-corrected chi connectivity index (χ4v) is 5.56. The van der Waals surface area contributed by atoms with Gasteiger partial charge in [-0.25, -0.2) is 9.69 Å². The Bertz CT molecular complexity index is 476. The second-order valence-corrected chi connectivity index (χ2v) is 9.20. The Morgan fingerprint density at radius 1 is 1.23 bits per heavy atom. The summed E-state index contributed by atoms with van der Waals surface area (Å²) < 4.78 is 0. The molecule has 5 nitrogen and oxygen atoms in total. The molecule has 2 unspecified atom stereocenters. The van der Waals surface area contributed by atoms with E-state index in [1.807, 2.05) is 11.8 Å². The molecule has 2 aliphatic heterocycles. The van der Waals surface area contributed by atoms with Gasteiger partial charge in [0.25, 0.3) is 5.91 Å². The molecule has 1 saturated carbocycles. The van der Waals surface area contributed by atoms with Crippen LogP contribution in [0.4, 0.5) is 4.79 Å². The molecule has 0 radical (unpaired) electrons. The highest BCUT2D eigenvalue weighted by Crippen LogP contribution is 2.46. The Labute approximate surface area is 137 Å². The average Bonchev–Trinajstić information content (AvgIpc) is 2.61. The maximum Gasteiger partial charge on any atom is 0.326 e. The van der Waals surface area contributed by atoms with Crippen molar-refractivity contribution in [1.82, 2.24) is 15.1 Å². The predicted molar refractivity (Wildman–Crippen MR) is 88.7 cm³/mol. The second-order valence-electron chi connectivity index (χ2n) is 7.97. The number of urea groups is 1. The molecule has 1 spiro atoms. The monoisotopic (exact) mass is 325 g/mol. The molecule has 3 fully saturated rings. The molecule has 3 amide bonds. The maximum absolute atomic E-state index is 13.0. The molecule has 2 saturated heterocycles. The molecule has 1 aliphatic carbocycles. The molecule has 0 bridgehead atoms. The Balaban J connectivity index is 1.75. The van der Waals surface area contributed by atoms with Crippen LogP contribution in [-0.2, 0) is 4.79 Å². The van der Waals surface area contributed by atoms with Gasteiger partial charge in [-0.2, -0.15) is 11.8 Å². The van der Waals surface area contributed by atoms with E-state index in [-0.39, 0.29) is 17.4 Å². The van der Waals surface area contributed by atoms with E-state index in [0.29, 0.717) is 12.6 Å². The van der Waals surface area contributed by atoms with Crippen molar-refractivity contribution in [3.63, 3.8) is 0 Å². The van der Waals surface area contributed by atoms with Crippen LogP contribution in [0.3, 0.4) is 0 Å². The Kier molecular flexibility index (Phi) is 4.18. The molecule has 2 atom stereocenters. The molecule has 3 aliphatic rings. The lowest BCUT2D eigenvalue weighted by Gasteiger charge is -2.44. The fourth-order valence-electron chi connectivity index (χ4n) is 4.58. The van der Waals surface area contributed by atoms with Crippen molar-refractivity contribution in [2.75, 3.05) is 31.3 Å². The van der Waals surface area contributed by atoms with Gasteiger partial charge in [-0.15, -0.1) is 0 Å². The number of carbonyl (C=O) groups excluding carboxylic acids is 2. The largest absolute Gasteiger partial charge is 0.326 e. The van der Waals surface area contributed by atoms with Crippen LogP contribution in [0.15, 0.2) is 0 Å². The third kappa shape index (κ3) is 3.00. The van der Waals surface area contributed by atoms with E-state index >= 15 is 0 Å². The van der Waals surface area contributed by atoms with Crippen LogP contribution in [0.25, 0.3) is 0 Å². The summed E-state index contributed by atoms with van der Waals surface area (Å²) in [4.78, 5) is 29.1. The summed E-state index contributed by atoms with van der Waals surface area (Å²) in [6.07, 6.45) is 2.63. The van der Waals surface area contributed by atoms with E-state index in [4.69, 9.17) is 0 Å². The topological polar surface area (TPSA) is 52.7 Å². The van der Waals surface area contributed by atoms with Gasteiger partial charge >= 0.3 is 6.03 Å². The summed E-state index contributed by atoms with van der Waals surface area (Å²) in [5, 5.41) is 3.05. The summed E-state index contributed by atoms with van der Waals surface area (Å²) in [6, 6.07) is -0.201. The van der Waals surface area contributed by atoms with Crippen LogP contribution in [0.5, 0.6) is 0 Å². The molecular formula is C16H27N3O2S. The van der Waals surface area contributed by atoms with Crippen LogP contribution in [0, 0.1) is 11.3 Å². The van der Waals surface area contributed by atoms with Crippen LogP contribution in [0.1, 0.15) is 40.0 Å². The van der Waals surface area contributed by atoms with Gasteiger partial charge in [-0.1, -0.05) is 20.8 Å². The third-order valence-corrected chi connectivity index (χ3v) is 6.01. The van der Waals surface area contributed by atoms with Gasteiger partial charge in [0.15, 0.2) is 0 Å². The molecule has 22 heavy (non-hydrogen) atoms. The summed E-state index contributed by atoms with van der Waals surface area (Å²) in [7, 11) is 0. The molecule has 1 N–H and O–H groups in total. The lowest BCUT2D eigenvalue weighted by atomic mass is 9.64. The van der Waals surface area contributed by atoms with E-state index in [1.165, 1.54) is 4.90 Å². The first kappa shape index (κ1) is 16.1. The third-order valence-electron chi connectivity index (χ3n) is 5.07. The first-order valence-electron chi connectivity index (χ1n) is 8.26. The number of imide groups is 1. The van der Waals surface area contributed by atoms with E-state index < -0.39 is 5.54 Å². The Hall–Kier alpha value is -0.750. The van der Waals surface area contributed by atoms with Crippen LogP contribution < -0.4 is 5.32 Å². The molecule has 2 heterocycles. The number of thioether (sulfide) groups is 1. The van der Waals surface area contributed by atoms with Gasteiger partial charge in [0.1, 0.15) is 5.54 Å². The van der Waals surface area contributed by atoms with Crippen LogP contribution >= 0.6 is 11.8 Å². The smallest absolute Gasteiger partial charge is 0.323 e. The maximum atomic E-state index is 13.0. The molecule has 0 aromatic heterocycles. The van der Waals surface area contributed by atoms with Crippen molar-refractivity contribution in [3.8, 4) is 0 Å². The summed E-state index contributed by atoms with van der Waals surface area (Å²) >= 11 is 1.93. The van der Waals surface area contributed by atoms with E-state index in [0.717, 1.165) is 43.9 Å². The standard InChI is InChI=1S/C16H27N3O2S/c1-12-8-15(2,3)10-16(9-12)13(20)19(14(21)17-16)11-18-4-6-22-7-5-18/h12H,4-11H2,1-3H3,(H,17,21). The normalized spacial score (nSPS) is 36.0. The van der Waals surface area contributed by atoms with Crippen molar-refractivity contribution in [2.24, 2.45) is 11.3 Å². The highest BCUT2D eigenvalue weighted by molar-refractivity contribution is 7.99. The number of nitrogens with zero attached hydrogens (tertiary/aromatic N) is 2. The zero-order chi connectivity index (χ0) is 16.0. The summed E-state index contributed by atoms with van der Waals surface area (Å²) in [5.74, 6) is 2.62. The molecular weight excluding hydrogens is 298 g/mol. The van der Waals surface area contributed by atoms with Gasteiger partial charge in [-0.05, 0) is 30.6 Å². The lowest BCUT2D eigenvalue weighted by Crippen LogP contribution is -2.54. The van der Waals surface area contributed by atoms with Crippen LogP contribution in [-0.4, -0.2) is 58.5 Å². The zero-order valence-electron chi connectivity index (χ0n) is 13.9. The number of carbonyl (C=O) groups is 2. The van der Waals surface area contributed by atoms with Crippen molar-refractivity contribution >= 4 is 23.7 Å². The van der Waals surface area contributed by atoms with Crippen molar-refractivity contribution in [3.05, 3.63) is 0 Å². The lowest BCUT2D eigenvalue weighted by molar-refractivity contribution is -0.136. The van der Waals surface area contributed by atoms with Gasteiger partial charge in [-0.3, -0.25) is 9.69 Å². The number of amides is 3. The van der Waals surface area contributed by atoms with E-state index in [1.54, 1.807) is 0 Å². The predicted octanol–water partition coefficient (Wildman–Crippen LogP) is 2.13. The minimum atomic E-state index is -0.664. The molecule has 0 aromatic rings. The molecule has 124 valence electrons. The summed E-state index contributed by atoms with van der Waals surface area (Å²) in [5.41, 5.74) is -0.568. The van der Waals surface area contributed by atoms with E-state index in [9.17, 15) is 9.59 Å². The highest BCUT2D eigenvalue weighted by atomic mass is 32.2. The zero-order valence-corrected chi connectivity index (χ0v) is 14.7. The van der Waals surface area contributed by atoms with Crippen molar-refractivity contribution in [2.45, 2.75) is 45.6 Å². The SMILES string of the molecule is CC1CC(C)(C)CC2(C1)NC(=O)N(CN1CCSCC1)C2=O. The molecule has 6 heteroatoms. The van der Waals surface area contributed by atoms with Gasteiger partial charge in [0.05, 0.1) is 6.67 Å². The van der Waals surface area contributed by atoms with Gasteiger partial charge < -0.3 is 5.32 Å². The fraction of sp³-hybridized carbons (Fsp3) is 0.875. The van der Waals surface area contributed by atoms with Crippen molar-refractivity contribution < 1.29 is 9.59 Å². The van der Waals surface area contributed by atoms with Crippen molar-refractivity contribution in [1.29, 1.82) is 0 Å². The number of hydrogen-bond donors (Lipinski definition) is 1. The van der Waals surface area contributed by atoms with E-state index in [2.05, 4.69) is 31.0 Å².